The second-order valence-electron chi connectivity index (χ2n) is 5.33. The Morgan fingerprint density at radius 3 is 2.81 bits per heavy atom. The van der Waals surface area contributed by atoms with E-state index in [2.05, 4.69) is 15.5 Å². The number of hydrogen-bond acceptors (Lipinski definition) is 6. The van der Waals surface area contributed by atoms with Gasteiger partial charge in [0.1, 0.15) is 5.75 Å². The molecule has 0 bridgehead atoms. The van der Waals surface area contributed by atoms with E-state index >= 15 is 0 Å². The molecule has 0 fully saturated rings. The molecule has 1 N–H and O–H groups in total. The van der Waals surface area contributed by atoms with Crippen molar-refractivity contribution in [3.8, 4) is 17.2 Å². The van der Waals surface area contributed by atoms with Crippen molar-refractivity contribution in [2.45, 2.75) is 17.4 Å². The molecule has 1 heterocycles. The third-order valence-corrected chi connectivity index (χ3v) is 4.66. The summed E-state index contributed by atoms with van der Waals surface area (Å²) in [6.07, 6.45) is 0. The number of para-hydroxylation sites is 2. The number of methoxy groups -OCH3 is 1. The van der Waals surface area contributed by atoms with Crippen LogP contribution in [0.1, 0.15) is 6.92 Å². The fraction of sp³-hybridized carbons (Fsp3) is 0.167. The molecule has 1 aromatic heterocycles. The van der Waals surface area contributed by atoms with Crippen LogP contribution in [0.5, 0.6) is 5.75 Å². The average Bonchev–Trinajstić information content (AvgIpc) is 3.10. The Balaban J connectivity index is 1.66. The standard InChI is InChI=1S/C18H16ClN3O3S/c1-11(16(23)20-14-8-3-4-9-15(14)24-2)26-18-22-21-17(25-18)12-6-5-7-13(19)10-12/h3-11H,1-2H3,(H,20,23). The second-order valence-corrected chi connectivity index (χ2v) is 7.06. The first-order valence-electron chi connectivity index (χ1n) is 7.77. The van der Waals surface area contributed by atoms with E-state index in [-0.39, 0.29) is 5.91 Å². The molecule has 0 aliphatic heterocycles. The Kier molecular flexibility index (Phi) is 5.80. The quantitative estimate of drug-likeness (QED) is 0.624. The highest BCUT2D eigenvalue weighted by molar-refractivity contribution is 8.00. The van der Waals surface area contributed by atoms with Gasteiger partial charge in [0.05, 0.1) is 18.0 Å². The smallest absolute Gasteiger partial charge is 0.277 e. The number of carbonyl (C=O) groups is 1. The monoisotopic (exact) mass is 389 g/mol. The molecule has 3 rings (SSSR count). The van der Waals surface area contributed by atoms with E-state index in [1.165, 1.54) is 11.8 Å². The SMILES string of the molecule is COc1ccccc1NC(=O)C(C)Sc1nnc(-c2cccc(Cl)c2)o1. The summed E-state index contributed by atoms with van der Waals surface area (Å²) in [7, 11) is 1.55. The predicted molar refractivity (Wildman–Crippen MR) is 102 cm³/mol. The zero-order valence-corrected chi connectivity index (χ0v) is 15.7. The van der Waals surface area contributed by atoms with Gasteiger partial charge in [-0.25, -0.2) is 0 Å². The van der Waals surface area contributed by atoms with Crippen LogP contribution < -0.4 is 10.1 Å². The van der Waals surface area contributed by atoms with Gasteiger partial charge in [0.25, 0.3) is 5.22 Å². The van der Waals surface area contributed by atoms with Gasteiger partial charge in [-0.3, -0.25) is 4.79 Å². The van der Waals surface area contributed by atoms with Crippen molar-refractivity contribution in [2.24, 2.45) is 0 Å². The zero-order chi connectivity index (χ0) is 18.5. The number of anilines is 1. The minimum absolute atomic E-state index is 0.193. The highest BCUT2D eigenvalue weighted by Crippen LogP contribution is 2.29. The lowest BCUT2D eigenvalue weighted by Gasteiger charge is -2.12. The molecular weight excluding hydrogens is 374 g/mol. The fourth-order valence-corrected chi connectivity index (χ4v) is 3.06. The van der Waals surface area contributed by atoms with Crippen LogP contribution in [0.4, 0.5) is 5.69 Å². The van der Waals surface area contributed by atoms with Gasteiger partial charge in [0.15, 0.2) is 0 Å². The first kappa shape index (κ1) is 18.3. The van der Waals surface area contributed by atoms with Crippen molar-refractivity contribution >= 4 is 35.0 Å². The molecule has 0 aliphatic rings. The van der Waals surface area contributed by atoms with Crippen molar-refractivity contribution in [2.75, 3.05) is 12.4 Å². The second kappa shape index (κ2) is 8.25. The fourth-order valence-electron chi connectivity index (χ4n) is 2.18. The topological polar surface area (TPSA) is 77.2 Å². The van der Waals surface area contributed by atoms with E-state index < -0.39 is 5.25 Å². The lowest BCUT2D eigenvalue weighted by Crippen LogP contribution is -2.22. The van der Waals surface area contributed by atoms with E-state index in [0.717, 1.165) is 5.56 Å². The molecule has 134 valence electrons. The number of nitrogens with one attached hydrogen (secondary N) is 1. The van der Waals surface area contributed by atoms with E-state index in [0.29, 0.717) is 27.6 Å². The van der Waals surface area contributed by atoms with E-state index in [4.69, 9.17) is 20.8 Å². The van der Waals surface area contributed by atoms with E-state index in [9.17, 15) is 4.79 Å². The van der Waals surface area contributed by atoms with Crippen molar-refractivity contribution < 1.29 is 13.9 Å². The minimum Gasteiger partial charge on any atom is -0.495 e. The molecule has 1 unspecified atom stereocenters. The van der Waals surface area contributed by atoms with Crippen LogP contribution in [0.15, 0.2) is 58.2 Å². The summed E-state index contributed by atoms with van der Waals surface area (Å²) in [4.78, 5) is 12.4. The number of rotatable bonds is 6. The predicted octanol–water partition coefficient (Wildman–Crippen LogP) is 4.52. The summed E-state index contributed by atoms with van der Waals surface area (Å²) in [5.41, 5.74) is 1.33. The maximum atomic E-state index is 12.4. The van der Waals surface area contributed by atoms with Crippen LogP contribution in [-0.4, -0.2) is 28.5 Å². The third-order valence-electron chi connectivity index (χ3n) is 3.49. The first-order valence-corrected chi connectivity index (χ1v) is 9.02. The number of benzene rings is 2. The number of aromatic nitrogens is 2. The summed E-state index contributed by atoms with van der Waals surface area (Å²) >= 11 is 7.15. The average molecular weight is 390 g/mol. The summed E-state index contributed by atoms with van der Waals surface area (Å²) in [5.74, 6) is 0.758. The van der Waals surface area contributed by atoms with Crippen LogP contribution in [0, 0.1) is 0 Å². The molecule has 0 aliphatic carbocycles. The maximum absolute atomic E-state index is 12.4. The molecule has 1 atom stereocenters. The Morgan fingerprint density at radius 1 is 1.23 bits per heavy atom. The number of thioether (sulfide) groups is 1. The Bertz CT molecular complexity index is 916. The number of ether oxygens (including phenoxy) is 1. The maximum Gasteiger partial charge on any atom is 0.277 e. The lowest BCUT2D eigenvalue weighted by molar-refractivity contribution is -0.115. The highest BCUT2D eigenvalue weighted by atomic mass is 35.5. The van der Waals surface area contributed by atoms with Gasteiger partial charge in [-0.05, 0) is 37.3 Å². The number of amides is 1. The molecule has 0 spiro atoms. The minimum atomic E-state index is -0.437. The van der Waals surface area contributed by atoms with Crippen molar-refractivity contribution in [3.63, 3.8) is 0 Å². The number of nitrogens with zero attached hydrogens (tertiary/aromatic N) is 2. The van der Waals surface area contributed by atoms with Gasteiger partial charge < -0.3 is 14.5 Å². The molecule has 0 radical (unpaired) electrons. The number of carbonyl (C=O) groups excluding carboxylic acids is 1. The van der Waals surface area contributed by atoms with E-state index in [1.807, 2.05) is 18.2 Å². The van der Waals surface area contributed by atoms with Crippen LogP contribution in [0.25, 0.3) is 11.5 Å². The Morgan fingerprint density at radius 2 is 2.04 bits per heavy atom. The van der Waals surface area contributed by atoms with Crippen LogP contribution in [0.2, 0.25) is 5.02 Å². The van der Waals surface area contributed by atoms with Crippen LogP contribution in [0.3, 0.4) is 0 Å². The molecule has 0 saturated carbocycles. The van der Waals surface area contributed by atoms with Crippen LogP contribution >= 0.6 is 23.4 Å². The molecule has 8 heteroatoms. The number of hydrogen-bond donors (Lipinski definition) is 1. The molecule has 26 heavy (non-hydrogen) atoms. The van der Waals surface area contributed by atoms with Crippen molar-refractivity contribution in [3.05, 3.63) is 53.6 Å². The summed E-state index contributed by atoms with van der Waals surface area (Å²) in [6, 6.07) is 14.3. The lowest BCUT2D eigenvalue weighted by atomic mass is 10.2. The molecule has 3 aromatic rings. The molecule has 0 saturated heterocycles. The van der Waals surface area contributed by atoms with E-state index in [1.54, 1.807) is 44.4 Å². The first-order chi connectivity index (χ1) is 12.6. The summed E-state index contributed by atoms with van der Waals surface area (Å²) in [6.45, 7) is 1.76. The van der Waals surface area contributed by atoms with Gasteiger partial charge in [0.2, 0.25) is 11.8 Å². The third kappa shape index (κ3) is 4.36. The van der Waals surface area contributed by atoms with Crippen molar-refractivity contribution in [1.29, 1.82) is 0 Å². The highest BCUT2D eigenvalue weighted by Gasteiger charge is 2.20. The largest absolute Gasteiger partial charge is 0.495 e. The molecule has 1 amide bonds. The summed E-state index contributed by atoms with van der Waals surface area (Å²) in [5, 5.41) is 11.3. The van der Waals surface area contributed by atoms with Gasteiger partial charge in [-0.1, -0.05) is 41.6 Å². The van der Waals surface area contributed by atoms with Crippen molar-refractivity contribution in [1.82, 2.24) is 10.2 Å². The Hall–Kier alpha value is -2.51. The Labute approximate surface area is 159 Å². The summed E-state index contributed by atoms with van der Waals surface area (Å²) < 4.78 is 10.9. The molecule has 2 aromatic carbocycles. The normalized spacial score (nSPS) is 11.8. The zero-order valence-electron chi connectivity index (χ0n) is 14.1. The number of halogens is 1. The molecule has 6 nitrogen and oxygen atoms in total. The van der Waals surface area contributed by atoms with Gasteiger partial charge in [0, 0.05) is 10.6 Å². The van der Waals surface area contributed by atoms with Gasteiger partial charge >= 0.3 is 0 Å². The van der Waals surface area contributed by atoms with Crippen LogP contribution in [-0.2, 0) is 4.79 Å². The van der Waals surface area contributed by atoms with Gasteiger partial charge in [-0.15, -0.1) is 10.2 Å². The molecular formula is C18H16ClN3O3S. The van der Waals surface area contributed by atoms with Gasteiger partial charge in [-0.2, -0.15) is 0 Å².